The van der Waals surface area contributed by atoms with Crippen LogP contribution in [0, 0.1) is 0 Å². The first-order valence-corrected chi connectivity index (χ1v) is 4.76. The first-order chi connectivity index (χ1) is 7.84. The van der Waals surface area contributed by atoms with Crippen molar-refractivity contribution >= 4 is 5.97 Å². The van der Waals surface area contributed by atoms with Gasteiger partial charge in [-0.05, 0) is 11.6 Å². The summed E-state index contributed by atoms with van der Waals surface area (Å²) in [6.07, 6.45) is -6.11. The fourth-order valence-corrected chi connectivity index (χ4v) is 1.32. The second kappa shape index (κ2) is 5.18. The zero-order chi connectivity index (χ0) is 13.1. The van der Waals surface area contributed by atoms with Gasteiger partial charge in [-0.25, -0.2) is 4.79 Å². The minimum atomic E-state index is -4.44. The molecule has 1 N–H and O–H groups in total. The summed E-state index contributed by atoms with van der Waals surface area (Å²) < 4.78 is 41.4. The molecule has 3 nitrogen and oxygen atoms in total. The normalized spacial score (nSPS) is 13.2. The molecule has 1 aromatic rings. The van der Waals surface area contributed by atoms with Gasteiger partial charge < -0.3 is 9.84 Å². The summed E-state index contributed by atoms with van der Waals surface area (Å²) in [4.78, 5) is 10.9. The molecule has 0 unspecified atom stereocenters. The van der Waals surface area contributed by atoms with Gasteiger partial charge in [0.2, 0.25) is 0 Å². The number of benzene rings is 1. The van der Waals surface area contributed by atoms with Crippen molar-refractivity contribution in [2.45, 2.75) is 18.7 Å². The smallest absolute Gasteiger partial charge is 0.416 e. The summed E-state index contributed by atoms with van der Waals surface area (Å²) in [7, 11) is 1.09. The van der Waals surface area contributed by atoms with Crippen molar-refractivity contribution in [2.75, 3.05) is 7.11 Å². The van der Waals surface area contributed by atoms with Crippen LogP contribution in [-0.4, -0.2) is 24.3 Å². The number of methoxy groups -OCH3 is 1. The Bertz CT molecular complexity index is 401. The topological polar surface area (TPSA) is 46.5 Å². The molecule has 0 heterocycles. The number of hydrogen-bond acceptors (Lipinski definition) is 3. The van der Waals surface area contributed by atoms with Crippen LogP contribution in [0.25, 0.3) is 0 Å². The van der Waals surface area contributed by atoms with Crippen LogP contribution in [0.4, 0.5) is 13.2 Å². The van der Waals surface area contributed by atoms with Crippen molar-refractivity contribution in [3.05, 3.63) is 35.4 Å². The van der Waals surface area contributed by atoms with E-state index in [1.165, 1.54) is 12.1 Å². The molecule has 94 valence electrons. The van der Waals surface area contributed by atoms with Crippen LogP contribution in [0.1, 0.15) is 11.1 Å². The van der Waals surface area contributed by atoms with E-state index in [2.05, 4.69) is 4.74 Å². The minimum Gasteiger partial charge on any atom is -0.467 e. The van der Waals surface area contributed by atoms with E-state index in [4.69, 9.17) is 0 Å². The first kappa shape index (κ1) is 13.5. The second-order valence-corrected chi connectivity index (χ2v) is 3.44. The van der Waals surface area contributed by atoms with Crippen LogP contribution < -0.4 is 0 Å². The third-order valence-corrected chi connectivity index (χ3v) is 2.16. The Labute approximate surface area is 95.8 Å². The molecule has 1 atom stereocenters. The Balaban J connectivity index is 2.83. The molecule has 0 amide bonds. The van der Waals surface area contributed by atoms with Gasteiger partial charge in [-0.2, -0.15) is 13.2 Å². The van der Waals surface area contributed by atoms with Crippen molar-refractivity contribution in [3.8, 4) is 0 Å². The summed E-state index contributed by atoms with van der Waals surface area (Å²) in [6.45, 7) is 0. The van der Waals surface area contributed by atoms with E-state index in [0.717, 1.165) is 19.2 Å². The highest BCUT2D eigenvalue weighted by Crippen LogP contribution is 2.29. The molecule has 0 saturated heterocycles. The molecule has 17 heavy (non-hydrogen) atoms. The fraction of sp³-hybridized carbons (Fsp3) is 0.364. The largest absolute Gasteiger partial charge is 0.467 e. The Morgan fingerprint density at radius 1 is 1.47 bits per heavy atom. The van der Waals surface area contributed by atoms with E-state index in [0.29, 0.717) is 0 Å². The van der Waals surface area contributed by atoms with E-state index in [1.807, 2.05) is 0 Å². The minimum absolute atomic E-state index is 0.212. The number of alkyl halides is 3. The number of aliphatic hydroxyl groups is 1. The first-order valence-electron chi connectivity index (χ1n) is 4.76. The Morgan fingerprint density at radius 3 is 2.65 bits per heavy atom. The van der Waals surface area contributed by atoms with Crippen molar-refractivity contribution in [2.24, 2.45) is 0 Å². The second-order valence-electron chi connectivity index (χ2n) is 3.44. The lowest BCUT2D eigenvalue weighted by Crippen LogP contribution is -2.24. The fourth-order valence-electron chi connectivity index (χ4n) is 1.32. The van der Waals surface area contributed by atoms with Crippen molar-refractivity contribution in [1.29, 1.82) is 0 Å². The number of carbonyl (C=O) groups is 1. The maximum absolute atomic E-state index is 12.4. The lowest BCUT2D eigenvalue weighted by molar-refractivity contribution is -0.150. The van der Waals surface area contributed by atoms with E-state index < -0.39 is 23.8 Å². The Morgan fingerprint density at radius 2 is 2.12 bits per heavy atom. The van der Waals surface area contributed by atoms with Crippen molar-refractivity contribution in [3.63, 3.8) is 0 Å². The summed E-state index contributed by atoms with van der Waals surface area (Å²) in [5.74, 6) is -0.873. The van der Waals surface area contributed by atoms with Gasteiger partial charge in [0.15, 0.2) is 6.10 Å². The van der Waals surface area contributed by atoms with E-state index in [1.54, 1.807) is 0 Å². The number of rotatable bonds is 3. The number of carbonyl (C=O) groups excluding carboxylic acids is 1. The molecule has 0 aliphatic heterocycles. The summed E-state index contributed by atoms with van der Waals surface area (Å²) in [5.41, 5.74) is -0.593. The predicted octanol–water partition coefficient (Wildman–Crippen LogP) is 1.78. The molecule has 6 heteroatoms. The number of halogens is 3. The molecule has 0 aromatic heterocycles. The van der Waals surface area contributed by atoms with Gasteiger partial charge in [-0.15, -0.1) is 0 Å². The molecule has 0 radical (unpaired) electrons. The molecule has 0 spiro atoms. The third kappa shape index (κ3) is 3.74. The summed E-state index contributed by atoms with van der Waals surface area (Å²) >= 11 is 0. The molecule has 1 rings (SSSR count). The van der Waals surface area contributed by atoms with E-state index in [9.17, 15) is 23.1 Å². The average Bonchev–Trinajstić information content (AvgIpc) is 2.27. The molecular formula is C11H11F3O3. The molecular weight excluding hydrogens is 237 g/mol. The van der Waals surface area contributed by atoms with Crippen molar-refractivity contribution < 1.29 is 27.8 Å². The van der Waals surface area contributed by atoms with Crippen LogP contribution in [-0.2, 0) is 22.1 Å². The molecule has 0 fully saturated rings. The van der Waals surface area contributed by atoms with Crippen LogP contribution >= 0.6 is 0 Å². The van der Waals surface area contributed by atoms with Gasteiger partial charge in [0.25, 0.3) is 0 Å². The summed E-state index contributed by atoms with van der Waals surface area (Å²) in [6, 6.07) is 4.45. The molecule has 0 aliphatic rings. The third-order valence-electron chi connectivity index (χ3n) is 2.16. The Kier molecular flexibility index (Phi) is 4.11. The van der Waals surface area contributed by atoms with Crippen molar-refractivity contribution in [1.82, 2.24) is 0 Å². The van der Waals surface area contributed by atoms with Gasteiger partial charge in [0.1, 0.15) is 0 Å². The van der Waals surface area contributed by atoms with Gasteiger partial charge in [0.05, 0.1) is 12.7 Å². The molecule has 0 bridgehead atoms. The quantitative estimate of drug-likeness (QED) is 0.829. The van der Waals surface area contributed by atoms with Gasteiger partial charge >= 0.3 is 12.1 Å². The zero-order valence-electron chi connectivity index (χ0n) is 8.99. The highest BCUT2D eigenvalue weighted by Gasteiger charge is 2.30. The molecule has 1 aromatic carbocycles. The predicted molar refractivity (Wildman–Crippen MR) is 53.2 cm³/mol. The maximum atomic E-state index is 12.4. The van der Waals surface area contributed by atoms with E-state index in [-0.39, 0.29) is 12.0 Å². The monoisotopic (exact) mass is 248 g/mol. The van der Waals surface area contributed by atoms with Gasteiger partial charge in [-0.1, -0.05) is 18.2 Å². The average molecular weight is 248 g/mol. The standard InChI is InChI=1S/C11H11F3O3/c1-17-10(16)9(15)6-7-3-2-4-8(5-7)11(12,13)14/h2-5,9,15H,6H2,1H3/t9-/m1/s1. The van der Waals surface area contributed by atoms with Crippen LogP contribution in [0.15, 0.2) is 24.3 Å². The van der Waals surface area contributed by atoms with Crippen LogP contribution in [0.3, 0.4) is 0 Å². The zero-order valence-corrected chi connectivity index (χ0v) is 8.99. The number of aliphatic hydroxyl groups excluding tert-OH is 1. The van der Waals surface area contributed by atoms with Gasteiger partial charge in [-0.3, -0.25) is 0 Å². The highest BCUT2D eigenvalue weighted by atomic mass is 19.4. The number of esters is 1. The highest BCUT2D eigenvalue weighted by molar-refractivity contribution is 5.74. The number of ether oxygens (including phenoxy) is 1. The summed E-state index contributed by atoms with van der Waals surface area (Å²) in [5, 5.41) is 9.31. The molecule has 0 aliphatic carbocycles. The number of hydrogen-bond donors (Lipinski definition) is 1. The van der Waals surface area contributed by atoms with Crippen LogP contribution in [0.5, 0.6) is 0 Å². The van der Waals surface area contributed by atoms with Gasteiger partial charge in [0, 0.05) is 6.42 Å². The lowest BCUT2D eigenvalue weighted by atomic mass is 10.0. The lowest BCUT2D eigenvalue weighted by Gasteiger charge is -2.11. The Hall–Kier alpha value is -1.56. The van der Waals surface area contributed by atoms with E-state index >= 15 is 0 Å². The SMILES string of the molecule is COC(=O)[C@H](O)Cc1cccc(C(F)(F)F)c1. The maximum Gasteiger partial charge on any atom is 0.416 e. The molecule has 0 saturated carbocycles. The van der Waals surface area contributed by atoms with Crippen LogP contribution in [0.2, 0.25) is 0 Å².